The number of hydrogen-bond donors (Lipinski definition) is 0. The molecular weight excluding hydrogens is 424 g/mol. The van der Waals surface area contributed by atoms with Gasteiger partial charge in [0, 0.05) is 29.5 Å². The lowest BCUT2D eigenvalue weighted by Crippen LogP contribution is -2.32. The summed E-state index contributed by atoms with van der Waals surface area (Å²) in [7, 11) is 4.27. The molecule has 5 aromatic rings. The first kappa shape index (κ1) is 20.7. The van der Waals surface area contributed by atoms with Gasteiger partial charge in [-0.15, -0.1) is 0 Å². The van der Waals surface area contributed by atoms with Gasteiger partial charge in [0.1, 0.15) is 23.4 Å². The molecule has 6 rings (SSSR count). The maximum Gasteiger partial charge on any atom is 0.219 e. The second kappa shape index (κ2) is 8.50. The summed E-state index contributed by atoms with van der Waals surface area (Å²) in [5.41, 5.74) is 3.68. The third-order valence-electron chi connectivity index (χ3n) is 6.47. The predicted octanol–water partition coefficient (Wildman–Crippen LogP) is 5.19. The molecule has 0 radical (unpaired) electrons. The van der Waals surface area contributed by atoms with Crippen LogP contribution in [0.1, 0.15) is 24.6 Å². The molecule has 34 heavy (non-hydrogen) atoms. The number of imidazole rings is 1. The number of benzene rings is 2. The number of ether oxygens (including phenoxy) is 1. The van der Waals surface area contributed by atoms with Crippen LogP contribution in [-0.4, -0.2) is 50.1 Å². The third kappa shape index (κ3) is 3.88. The zero-order valence-electron chi connectivity index (χ0n) is 19.3. The Morgan fingerprint density at radius 3 is 2.65 bits per heavy atom. The lowest BCUT2D eigenvalue weighted by molar-refractivity contribution is 0.193. The summed E-state index contributed by atoms with van der Waals surface area (Å²) in [5, 5.41) is 5.59. The molecule has 7 heteroatoms. The van der Waals surface area contributed by atoms with Crippen molar-refractivity contribution in [2.24, 2.45) is 5.92 Å². The van der Waals surface area contributed by atoms with Crippen LogP contribution < -0.4 is 4.74 Å². The van der Waals surface area contributed by atoms with Crippen molar-refractivity contribution in [3.63, 3.8) is 0 Å². The van der Waals surface area contributed by atoms with Gasteiger partial charge in [0.15, 0.2) is 0 Å². The number of hydrogen-bond acceptors (Lipinski definition) is 6. The minimum atomic E-state index is 0.422. The Bertz CT molecular complexity index is 1460. The Kier molecular flexibility index (Phi) is 5.19. The van der Waals surface area contributed by atoms with Crippen molar-refractivity contribution in [2.75, 3.05) is 20.6 Å². The molecule has 0 bridgehead atoms. The van der Waals surface area contributed by atoms with Crippen molar-refractivity contribution in [1.82, 2.24) is 29.5 Å². The Balaban J connectivity index is 1.35. The maximum atomic E-state index is 5.94. The van der Waals surface area contributed by atoms with Crippen molar-refractivity contribution in [3.05, 3.63) is 79.0 Å². The first-order chi connectivity index (χ1) is 16.6. The van der Waals surface area contributed by atoms with E-state index in [0.717, 1.165) is 58.6 Å². The number of rotatable bonds is 6. The van der Waals surface area contributed by atoms with Gasteiger partial charge in [-0.25, -0.2) is 19.5 Å². The topological polar surface area (TPSA) is 68.4 Å². The largest absolute Gasteiger partial charge is 0.439 e. The van der Waals surface area contributed by atoms with Gasteiger partial charge < -0.3 is 9.64 Å². The second-order valence-corrected chi connectivity index (χ2v) is 9.29. The maximum absolute atomic E-state index is 5.94. The van der Waals surface area contributed by atoms with Crippen LogP contribution in [0.25, 0.3) is 27.7 Å². The molecule has 2 aromatic carbocycles. The van der Waals surface area contributed by atoms with E-state index in [2.05, 4.69) is 47.3 Å². The highest BCUT2D eigenvalue weighted by Gasteiger charge is 2.34. The first-order valence-electron chi connectivity index (χ1n) is 11.6. The van der Waals surface area contributed by atoms with E-state index in [9.17, 15) is 0 Å². The molecule has 0 amide bonds. The van der Waals surface area contributed by atoms with Crippen molar-refractivity contribution in [1.29, 1.82) is 0 Å². The summed E-state index contributed by atoms with van der Waals surface area (Å²) in [5.74, 6) is 3.49. The Labute approximate surface area is 198 Å². The summed E-state index contributed by atoms with van der Waals surface area (Å²) >= 11 is 0. The lowest BCUT2D eigenvalue weighted by Gasteiger charge is -2.35. The average Bonchev–Trinajstić information content (AvgIpc) is 3.20. The van der Waals surface area contributed by atoms with E-state index in [-0.39, 0.29) is 0 Å². The highest BCUT2D eigenvalue weighted by atomic mass is 16.5. The number of fused-ring (bicyclic) bond motifs is 2. The highest BCUT2D eigenvalue weighted by Crippen LogP contribution is 2.42. The Morgan fingerprint density at radius 1 is 1.00 bits per heavy atom. The molecule has 0 unspecified atom stereocenters. The minimum absolute atomic E-state index is 0.422. The van der Waals surface area contributed by atoms with E-state index in [1.165, 1.54) is 0 Å². The van der Waals surface area contributed by atoms with Gasteiger partial charge in [-0.05, 0) is 57.1 Å². The first-order valence-corrected chi connectivity index (χ1v) is 11.6. The Morgan fingerprint density at radius 2 is 1.82 bits per heavy atom. The molecule has 0 N–H and O–H groups in total. The molecule has 170 valence electrons. The van der Waals surface area contributed by atoms with Crippen LogP contribution in [0, 0.1) is 5.92 Å². The molecular formula is C27H26N6O. The quantitative estimate of drug-likeness (QED) is 0.355. The molecule has 0 spiro atoms. The molecule has 1 saturated carbocycles. The van der Waals surface area contributed by atoms with Gasteiger partial charge in [0.25, 0.3) is 0 Å². The summed E-state index contributed by atoms with van der Waals surface area (Å²) in [6.07, 6.45) is 5.72. The zero-order valence-corrected chi connectivity index (χ0v) is 19.3. The lowest BCUT2D eigenvalue weighted by atomic mass is 9.74. The van der Waals surface area contributed by atoms with E-state index in [1.807, 2.05) is 53.2 Å². The van der Waals surface area contributed by atoms with Crippen molar-refractivity contribution < 1.29 is 4.74 Å². The molecule has 7 nitrogen and oxygen atoms in total. The third-order valence-corrected chi connectivity index (χ3v) is 6.47. The number of para-hydroxylation sites is 1. The van der Waals surface area contributed by atoms with Crippen LogP contribution in [0.4, 0.5) is 0 Å². The summed E-state index contributed by atoms with van der Waals surface area (Å²) in [6.45, 7) is 1.12. The van der Waals surface area contributed by atoms with E-state index in [0.29, 0.717) is 17.7 Å². The van der Waals surface area contributed by atoms with Gasteiger partial charge in [-0.2, -0.15) is 5.10 Å². The Hall–Kier alpha value is -3.84. The standard InChI is InChI=1S/C27H26N6O/c1-32(2)16-18-12-21(13-18)27-31-26(24-15-28-17-29-33(24)27)20-9-8-19-10-11-25(30-23(19)14-20)34-22-6-4-3-5-7-22/h3-11,14-15,17-18,21H,12-13,16H2,1-2H3. The van der Waals surface area contributed by atoms with Crippen LogP contribution in [0.2, 0.25) is 0 Å². The summed E-state index contributed by atoms with van der Waals surface area (Å²) < 4.78 is 7.91. The van der Waals surface area contributed by atoms with Crippen LogP contribution in [0.5, 0.6) is 11.6 Å². The number of pyridine rings is 1. The molecule has 0 aliphatic heterocycles. The molecule has 1 aliphatic carbocycles. The van der Waals surface area contributed by atoms with Gasteiger partial charge in [-0.3, -0.25) is 0 Å². The molecule has 0 saturated heterocycles. The molecule has 1 fully saturated rings. The van der Waals surface area contributed by atoms with E-state index < -0.39 is 0 Å². The highest BCUT2D eigenvalue weighted by molar-refractivity contribution is 5.87. The normalized spacial score (nSPS) is 17.9. The predicted molar refractivity (Wildman–Crippen MR) is 132 cm³/mol. The fourth-order valence-electron chi connectivity index (χ4n) is 4.87. The number of aromatic nitrogens is 5. The van der Waals surface area contributed by atoms with E-state index >= 15 is 0 Å². The van der Waals surface area contributed by atoms with Crippen LogP contribution in [0.15, 0.2) is 73.2 Å². The van der Waals surface area contributed by atoms with Crippen LogP contribution in [-0.2, 0) is 0 Å². The average molecular weight is 451 g/mol. The smallest absolute Gasteiger partial charge is 0.219 e. The fraction of sp³-hybridized carbons (Fsp3) is 0.259. The monoisotopic (exact) mass is 450 g/mol. The molecule has 3 aromatic heterocycles. The number of nitrogens with zero attached hydrogens (tertiary/aromatic N) is 6. The van der Waals surface area contributed by atoms with Gasteiger partial charge in [-0.1, -0.05) is 30.3 Å². The van der Waals surface area contributed by atoms with Crippen molar-refractivity contribution >= 4 is 16.4 Å². The zero-order chi connectivity index (χ0) is 23.1. The van der Waals surface area contributed by atoms with Gasteiger partial charge in [0.2, 0.25) is 5.88 Å². The molecule has 3 heterocycles. The minimum Gasteiger partial charge on any atom is -0.439 e. The molecule has 1 aliphatic rings. The molecule has 0 atom stereocenters. The van der Waals surface area contributed by atoms with Gasteiger partial charge >= 0.3 is 0 Å². The second-order valence-electron chi connectivity index (χ2n) is 9.29. The fourth-order valence-corrected chi connectivity index (χ4v) is 4.87. The summed E-state index contributed by atoms with van der Waals surface area (Å²) in [4.78, 5) is 16.4. The van der Waals surface area contributed by atoms with Crippen molar-refractivity contribution in [3.8, 4) is 22.9 Å². The SMILES string of the molecule is CN(C)CC1CC(c2nc(-c3ccc4ccc(Oc5ccccc5)nc4c3)c3cncnn23)C1. The van der Waals surface area contributed by atoms with Crippen molar-refractivity contribution in [2.45, 2.75) is 18.8 Å². The van der Waals surface area contributed by atoms with E-state index in [4.69, 9.17) is 14.7 Å². The summed E-state index contributed by atoms with van der Waals surface area (Å²) in [6, 6.07) is 19.9. The van der Waals surface area contributed by atoms with Crippen LogP contribution in [0.3, 0.4) is 0 Å². The van der Waals surface area contributed by atoms with Gasteiger partial charge in [0.05, 0.1) is 17.4 Å². The van der Waals surface area contributed by atoms with Crippen LogP contribution >= 0.6 is 0 Å². The van der Waals surface area contributed by atoms with E-state index in [1.54, 1.807) is 6.33 Å².